The number of nitrogens with one attached hydrogen (secondary N) is 1. The van der Waals surface area contributed by atoms with Gasteiger partial charge in [-0.3, -0.25) is 4.79 Å². The number of fused-ring (bicyclic) bond motifs is 1. The van der Waals surface area contributed by atoms with Crippen LogP contribution in [0.4, 0.5) is 0 Å². The second kappa shape index (κ2) is 6.06. The number of nitrogens with zero attached hydrogens (tertiary/aromatic N) is 2. The molecule has 0 saturated heterocycles. The molecule has 0 fully saturated rings. The minimum absolute atomic E-state index is 0.0554. The Morgan fingerprint density at radius 1 is 1.25 bits per heavy atom. The van der Waals surface area contributed by atoms with Gasteiger partial charge in [-0.1, -0.05) is 6.07 Å². The number of carbonyl (C=O) groups excluding carboxylic acids is 1. The number of aryl methyl sites for hydroxylation is 1. The van der Waals surface area contributed by atoms with Crippen molar-refractivity contribution in [3.8, 4) is 0 Å². The van der Waals surface area contributed by atoms with Crippen LogP contribution in [0, 0.1) is 6.92 Å². The number of nitrogens with two attached hydrogens (primary N) is 1. The first kappa shape index (κ1) is 16.2. The summed E-state index contributed by atoms with van der Waals surface area (Å²) in [4.78, 5) is 16.5. The number of primary sulfonamides is 1. The van der Waals surface area contributed by atoms with Crippen LogP contribution >= 0.6 is 0 Å². The molecule has 2 heterocycles. The van der Waals surface area contributed by atoms with Gasteiger partial charge < -0.3 is 9.72 Å². The predicted octanol–water partition coefficient (Wildman–Crippen LogP) is 1.22. The first-order chi connectivity index (χ1) is 11.3. The van der Waals surface area contributed by atoms with Crippen LogP contribution in [0.1, 0.15) is 21.5 Å². The summed E-state index contributed by atoms with van der Waals surface area (Å²) in [6.45, 7) is 2.06. The topological polar surface area (TPSA) is 107 Å². The fourth-order valence-corrected chi connectivity index (χ4v) is 2.97. The highest BCUT2D eigenvalue weighted by atomic mass is 32.2. The van der Waals surface area contributed by atoms with E-state index in [-0.39, 0.29) is 17.3 Å². The smallest absolute Gasteiger partial charge is 0.251 e. The van der Waals surface area contributed by atoms with Crippen LogP contribution in [0.3, 0.4) is 0 Å². The van der Waals surface area contributed by atoms with Crippen molar-refractivity contribution in [3.05, 3.63) is 65.6 Å². The molecule has 3 N–H and O–H groups in total. The lowest BCUT2D eigenvalue weighted by atomic mass is 10.1. The Balaban J connectivity index is 1.74. The van der Waals surface area contributed by atoms with Gasteiger partial charge in [-0.25, -0.2) is 18.5 Å². The second-order valence-corrected chi connectivity index (χ2v) is 6.99. The molecule has 0 unspecified atom stereocenters. The van der Waals surface area contributed by atoms with Gasteiger partial charge in [0, 0.05) is 30.7 Å². The number of sulfonamides is 1. The number of hydrogen-bond donors (Lipinski definition) is 2. The minimum Gasteiger partial charge on any atom is -0.348 e. The SMILES string of the molecule is Cc1cc(S(N)(=O)=O)ccc1CNC(=O)c1ccn2ccnc2c1. The zero-order valence-corrected chi connectivity index (χ0v) is 13.7. The number of imidazole rings is 1. The zero-order valence-electron chi connectivity index (χ0n) is 12.9. The Morgan fingerprint density at radius 2 is 2.04 bits per heavy atom. The van der Waals surface area contributed by atoms with Crippen LogP contribution in [0.15, 0.2) is 53.8 Å². The fourth-order valence-electron chi connectivity index (χ4n) is 2.37. The highest BCUT2D eigenvalue weighted by Gasteiger charge is 2.11. The van der Waals surface area contributed by atoms with Crippen LogP contribution in [0.25, 0.3) is 5.65 Å². The van der Waals surface area contributed by atoms with Crippen LogP contribution < -0.4 is 10.5 Å². The standard InChI is InChI=1S/C16H16N4O3S/c1-11-8-14(24(17,22)23)3-2-13(11)10-19-16(21)12-4-6-20-7-5-18-15(20)9-12/h2-9H,10H2,1H3,(H,19,21)(H2,17,22,23). The number of aromatic nitrogens is 2. The monoisotopic (exact) mass is 344 g/mol. The highest BCUT2D eigenvalue weighted by molar-refractivity contribution is 7.89. The average molecular weight is 344 g/mol. The van der Waals surface area contributed by atoms with Crippen molar-refractivity contribution in [2.45, 2.75) is 18.4 Å². The van der Waals surface area contributed by atoms with Gasteiger partial charge >= 0.3 is 0 Å². The van der Waals surface area contributed by atoms with Crippen molar-refractivity contribution in [1.82, 2.24) is 14.7 Å². The molecule has 0 aliphatic rings. The van der Waals surface area contributed by atoms with Crippen molar-refractivity contribution in [2.75, 3.05) is 0 Å². The average Bonchev–Trinajstić information content (AvgIpc) is 3.00. The third-order valence-corrected chi connectivity index (χ3v) is 4.65. The number of benzene rings is 1. The molecule has 1 amide bonds. The molecule has 1 aromatic carbocycles. The lowest BCUT2D eigenvalue weighted by molar-refractivity contribution is 0.0951. The number of carbonyl (C=O) groups is 1. The van der Waals surface area contributed by atoms with Crippen LogP contribution in [0.2, 0.25) is 0 Å². The highest BCUT2D eigenvalue weighted by Crippen LogP contribution is 2.14. The van der Waals surface area contributed by atoms with Gasteiger partial charge in [0.2, 0.25) is 10.0 Å². The minimum atomic E-state index is -3.73. The lowest BCUT2D eigenvalue weighted by Gasteiger charge is -2.09. The number of rotatable bonds is 4. The largest absolute Gasteiger partial charge is 0.348 e. The summed E-state index contributed by atoms with van der Waals surface area (Å²) in [5, 5.41) is 7.92. The van der Waals surface area contributed by atoms with Crippen LogP contribution in [0.5, 0.6) is 0 Å². The molecular weight excluding hydrogens is 328 g/mol. The molecule has 0 aliphatic heterocycles. The van der Waals surface area contributed by atoms with E-state index in [4.69, 9.17) is 5.14 Å². The summed E-state index contributed by atoms with van der Waals surface area (Å²) >= 11 is 0. The molecular formula is C16H16N4O3S. The summed E-state index contributed by atoms with van der Waals surface area (Å²) in [6.07, 6.45) is 5.23. The van der Waals surface area contributed by atoms with E-state index in [1.165, 1.54) is 12.1 Å². The van der Waals surface area contributed by atoms with Gasteiger partial charge in [-0.15, -0.1) is 0 Å². The molecule has 3 aromatic rings. The Labute approximate surface area is 139 Å². The third kappa shape index (κ3) is 3.29. The van der Waals surface area contributed by atoms with Crippen molar-refractivity contribution in [3.63, 3.8) is 0 Å². The Hall–Kier alpha value is -2.71. The van der Waals surface area contributed by atoms with Crippen molar-refractivity contribution in [1.29, 1.82) is 0 Å². The maximum Gasteiger partial charge on any atom is 0.251 e. The number of pyridine rings is 1. The fraction of sp³-hybridized carbons (Fsp3) is 0.125. The van der Waals surface area contributed by atoms with Gasteiger partial charge in [0.1, 0.15) is 5.65 Å². The molecule has 0 aliphatic carbocycles. The normalized spacial score (nSPS) is 11.6. The van der Waals surface area contributed by atoms with Crippen LogP contribution in [-0.4, -0.2) is 23.7 Å². The van der Waals surface area contributed by atoms with E-state index in [0.717, 1.165) is 11.1 Å². The molecule has 8 heteroatoms. The Morgan fingerprint density at radius 3 is 2.75 bits per heavy atom. The zero-order chi connectivity index (χ0) is 17.3. The predicted molar refractivity (Wildman–Crippen MR) is 88.9 cm³/mol. The van der Waals surface area contributed by atoms with E-state index in [9.17, 15) is 13.2 Å². The van der Waals surface area contributed by atoms with Gasteiger partial charge in [-0.05, 0) is 42.3 Å². The molecule has 2 aromatic heterocycles. The molecule has 0 radical (unpaired) electrons. The van der Waals surface area contributed by atoms with Gasteiger partial charge in [0.25, 0.3) is 5.91 Å². The van der Waals surface area contributed by atoms with E-state index >= 15 is 0 Å². The number of hydrogen-bond acceptors (Lipinski definition) is 4. The van der Waals surface area contributed by atoms with E-state index in [1.807, 2.05) is 4.40 Å². The Bertz CT molecular complexity index is 1020. The maximum atomic E-state index is 12.3. The van der Waals surface area contributed by atoms with Crippen LogP contribution in [-0.2, 0) is 16.6 Å². The summed E-state index contributed by atoms with van der Waals surface area (Å²) in [5.74, 6) is -0.226. The molecule has 124 valence electrons. The van der Waals surface area contributed by atoms with Crippen molar-refractivity contribution < 1.29 is 13.2 Å². The number of amides is 1. The van der Waals surface area contributed by atoms with Crippen molar-refractivity contribution in [2.24, 2.45) is 5.14 Å². The first-order valence-electron chi connectivity index (χ1n) is 7.18. The summed E-state index contributed by atoms with van der Waals surface area (Å²) in [5.41, 5.74) is 2.76. The molecule has 24 heavy (non-hydrogen) atoms. The summed E-state index contributed by atoms with van der Waals surface area (Å²) < 4.78 is 24.5. The van der Waals surface area contributed by atoms with Gasteiger partial charge in [-0.2, -0.15) is 0 Å². The Kier molecular flexibility index (Phi) is 4.08. The summed E-state index contributed by atoms with van der Waals surface area (Å²) in [6, 6.07) is 7.98. The lowest BCUT2D eigenvalue weighted by Crippen LogP contribution is -2.23. The summed E-state index contributed by atoms with van der Waals surface area (Å²) in [7, 11) is -3.73. The van der Waals surface area contributed by atoms with Crippen molar-refractivity contribution >= 4 is 21.6 Å². The molecule has 0 saturated carbocycles. The second-order valence-electron chi connectivity index (χ2n) is 5.42. The van der Waals surface area contributed by atoms with E-state index in [2.05, 4.69) is 10.3 Å². The quantitative estimate of drug-likeness (QED) is 0.742. The van der Waals surface area contributed by atoms with E-state index in [0.29, 0.717) is 11.2 Å². The molecule has 0 spiro atoms. The van der Waals surface area contributed by atoms with Gasteiger partial charge in [0.15, 0.2) is 0 Å². The van der Waals surface area contributed by atoms with Gasteiger partial charge in [0.05, 0.1) is 4.90 Å². The van der Waals surface area contributed by atoms with E-state index < -0.39 is 10.0 Å². The molecule has 3 rings (SSSR count). The molecule has 7 nitrogen and oxygen atoms in total. The first-order valence-corrected chi connectivity index (χ1v) is 8.72. The maximum absolute atomic E-state index is 12.3. The third-order valence-electron chi connectivity index (χ3n) is 3.74. The molecule has 0 atom stereocenters. The van der Waals surface area contributed by atoms with E-state index in [1.54, 1.807) is 43.7 Å². The molecule has 0 bridgehead atoms.